The van der Waals surface area contributed by atoms with E-state index in [1.165, 1.54) is 11.1 Å². The third kappa shape index (κ3) is 3.52. The fourth-order valence-electron chi connectivity index (χ4n) is 5.13. The van der Waals surface area contributed by atoms with Gasteiger partial charge < -0.3 is 21.4 Å². The van der Waals surface area contributed by atoms with Crippen molar-refractivity contribution in [2.75, 3.05) is 18.5 Å². The van der Waals surface area contributed by atoms with E-state index >= 15 is 0 Å². The highest BCUT2D eigenvalue weighted by Crippen LogP contribution is 2.56. The van der Waals surface area contributed by atoms with Gasteiger partial charge in [0, 0.05) is 24.2 Å². The van der Waals surface area contributed by atoms with Gasteiger partial charge in [-0.3, -0.25) is 14.4 Å². The second-order valence-electron chi connectivity index (χ2n) is 8.69. The standard InChI is InChI=1S/C23H23ClFN5O3/c24-16-6-3-4-13(19(16)25)11-27-22(33)23-10-14(23)8-9-29(23)18(31)12-30-20(21(26)32)15-5-1-2-7-17(15)28-30/h1-7,14,20,28H,8-12H2,(H2,26,32)(H,27,33). The summed E-state index contributed by atoms with van der Waals surface area (Å²) < 4.78 is 14.2. The Balaban J connectivity index is 1.28. The molecule has 2 aromatic rings. The molecule has 0 radical (unpaired) electrons. The molecule has 3 atom stereocenters. The number of carbonyl (C=O) groups excluding carboxylic acids is 3. The van der Waals surface area contributed by atoms with Crippen LogP contribution in [-0.4, -0.2) is 46.3 Å². The van der Waals surface area contributed by atoms with Crippen molar-refractivity contribution < 1.29 is 18.8 Å². The molecule has 3 aliphatic rings. The predicted molar refractivity (Wildman–Crippen MR) is 119 cm³/mol. The number of nitrogens with two attached hydrogens (primary N) is 1. The van der Waals surface area contributed by atoms with Crippen LogP contribution >= 0.6 is 11.6 Å². The summed E-state index contributed by atoms with van der Waals surface area (Å²) in [5.41, 5.74) is 9.47. The number of hydrazine groups is 1. The number of anilines is 1. The number of primary amides is 1. The molecule has 2 heterocycles. The molecular formula is C23H23ClFN5O3. The van der Waals surface area contributed by atoms with E-state index in [1.54, 1.807) is 29.2 Å². The van der Waals surface area contributed by atoms with Crippen LogP contribution in [-0.2, 0) is 20.9 Å². The number of fused-ring (bicyclic) bond motifs is 2. The number of hydrogen-bond donors (Lipinski definition) is 3. The third-order valence-corrected chi connectivity index (χ3v) is 7.12. The van der Waals surface area contributed by atoms with Crippen molar-refractivity contribution in [3.63, 3.8) is 0 Å². The number of nitrogens with zero attached hydrogens (tertiary/aromatic N) is 2. The summed E-state index contributed by atoms with van der Waals surface area (Å²) in [6.45, 7) is 0.311. The lowest BCUT2D eigenvalue weighted by Crippen LogP contribution is -2.53. The fraction of sp³-hybridized carbons (Fsp3) is 0.348. The van der Waals surface area contributed by atoms with Crippen LogP contribution in [0.25, 0.3) is 0 Å². The molecule has 10 heteroatoms. The maximum atomic E-state index is 14.2. The van der Waals surface area contributed by atoms with Gasteiger partial charge in [0.1, 0.15) is 17.4 Å². The number of amides is 3. The molecule has 2 fully saturated rings. The number of carbonyl (C=O) groups is 3. The lowest BCUT2D eigenvalue weighted by Gasteiger charge is -2.30. The third-order valence-electron chi connectivity index (χ3n) is 6.83. The van der Waals surface area contributed by atoms with Crippen LogP contribution in [0.2, 0.25) is 5.02 Å². The van der Waals surface area contributed by atoms with Gasteiger partial charge in [-0.05, 0) is 30.9 Å². The van der Waals surface area contributed by atoms with Gasteiger partial charge in [0.2, 0.25) is 17.7 Å². The fourth-order valence-corrected chi connectivity index (χ4v) is 5.32. The van der Waals surface area contributed by atoms with E-state index in [9.17, 15) is 18.8 Å². The van der Waals surface area contributed by atoms with Gasteiger partial charge in [0.25, 0.3) is 0 Å². The molecule has 3 unspecified atom stereocenters. The number of benzene rings is 2. The lowest BCUT2D eigenvalue weighted by molar-refractivity contribution is -0.142. The molecule has 0 bridgehead atoms. The van der Waals surface area contributed by atoms with Crippen LogP contribution in [0.4, 0.5) is 10.1 Å². The first-order chi connectivity index (χ1) is 15.8. The zero-order valence-electron chi connectivity index (χ0n) is 17.7. The summed E-state index contributed by atoms with van der Waals surface area (Å²) in [4.78, 5) is 40.1. The lowest BCUT2D eigenvalue weighted by atomic mass is 10.1. The minimum absolute atomic E-state index is 0.00926. The second-order valence-corrected chi connectivity index (χ2v) is 9.09. The van der Waals surface area contributed by atoms with E-state index in [4.69, 9.17) is 17.3 Å². The smallest absolute Gasteiger partial charge is 0.246 e. The number of likely N-dealkylation sites (tertiary alicyclic amines) is 1. The maximum Gasteiger partial charge on any atom is 0.246 e. The van der Waals surface area contributed by atoms with Gasteiger partial charge in [0.15, 0.2) is 0 Å². The highest BCUT2D eigenvalue weighted by molar-refractivity contribution is 6.30. The molecule has 172 valence electrons. The minimum atomic E-state index is -0.930. The van der Waals surface area contributed by atoms with Gasteiger partial charge in [-0.25, -0.2) is 4.39 Å². The van der Waals surface area contributed by atoms with Crippen molar-refractivity contribution in [3.8, 4) is 0 Å². The van der Waals surface area contributed by atoms with Crippen molar-refractivity contribution in [3.05, 3.63) is 64.4 Å². The first kappa shape index (κ1) is 21.7. The highest BCUT2D eigenvalue weighted by Gasteiger charge is 2.68. The molecule has 1 saturated heterocycles. The SMILES string of the molecule is NC(=O)C1c2ccccc2NN1CC(=O)N1CCC2CC21C(=O)NCc1cccc(Cl)c1F. The Bertz CT molecular complexity index is 1160. The van der Waals surface area contributed by atoms with E-state index in [2.05, 4.69) is 10.7 Å². The van der Waals surface area contributed by atoms with Crippen molar-refractivity contribution >= 4 is 35.0 Å². The molecule has 0 aromatic heterocycles. The van der Waals surface area contributed by atoms with E-state index in [-0.39, 0.29) is 41.4 Å². The van der Waals surface area contributed by atoms with Crippen molar-refractivity contribution in [2.45, 2.75) is 31.0 Å². The summed E-state index contributed by atoms with van der Waals surface area (Å²) in [5, 5.41) is 4.28. The quantitative estimate of drug-likeness (QED) is 0.597. The monoisotopic (exact) mass is 471 g/mol. The molecule has 4 N–H and O–H groups in total. The largest absolute Gasteiger partial charge is 0.368 e. The van der Waals surface area contributed by atoms with Crippen molar-refractivity contribution in [2.24, 2.45) is 11.7 Å². The van der Waals surface area contributed by atoms with Gasteiger partial charge >= 0.3 is 0 Å². The van der Waals surface area contributed by atoms with Crippen LogP contribution in [0.15, 0.2) is 42.5 Å². The van der Waals surface area contributed by atoms with E-state index < -0.39 is 23.3 Å². The Morgan fingerprint density at radius 3 is 2.76 bits per heavy atom. The Kier molecular flexibility index (Phi) is 5.25. The molecule has 1 saturated carbocycles. The molecule has 2 aliphatic heterocycles. The van der Waals surface area contributed by atoms with Gasteiger partial charge in [-0.2, -0.15) is 5.01 Å². The molecule has 2 aromatic carbocycles. The molecule has 5 rings (SSSR count). The normalized spacial score (nSPS) is 25.2. The highest BCUT2D eigenvalue weighted by atomic mass is 35.5. The van der Waals surface area contributed by atoms with Crippen LogP contribution in [0.3, 0.4) is 0 Å². The molecule has 3 amide bonds. The molecular weight excluding hydrogens is 449 g/mol. The molecule has 8 nitrogen and oxygen atoms in total. The Labute approximate surface area is 194 Å². The van der Waals surface area contributed by atoms with Crippen LogP contribution in [0.1, 0.15) is 30.0 Å². The van der Waals surface area contributed by atoms with E-state index in [0.717, 1.165) is 12.1 Å². The maximum absolute atomic E-state index is 14.2. The van der Waals surface area contributed by atoms with Gasteiger partial charge in [-0.15, -0.1) is 0 Å². The number of rotatable bonds is 6. The average Bonchev–Trinajstić information content (AvgIpc) is 3.21. The second kappa shape index (κ2) is 8.00. The summed E-state index contributed by atoms with van der Waals surface area (Å²) in [6, 6.07) is 11.1. The number of nitrogens with one attached hydrogen (secondary N) is 2. The zero-order chi connectivity index (χ0) is 23.3. The van der Waals surface area contributed by atoms with Crippen molar-refractivity contribution in [1.29, 1.82) is 0 Å². The van der Waals surface area contributed by atoms with Crippen LogP contribution in [0, 0.1) is 11.7 Å². The van der Waals surface area contributed by atoms with Gasteiger partial charge in [0.05, 0.1) is 17.3 Å². The van der Waals surface area contributed by atoms with Crippen LogP contribution < -0.4 is 16.5 Å². The van der Waals surface area contributed by atoms with E-state index in [1.807, 2.05) is 12.1 Å². The zero-order valence-corrected chi connectivity index (χ0v) is 18.4. The number of halogens is 2. The number of piperidine rings is 1. The van der Waals surface area contributed by atoms with Crippen molar-refractivity contribution in [1.82, 2.24) is 15.2 Å². The Hall–Kier alpha value is -3.17. The number of para-hydroxylation sites is 1. The summed E-state index contributed by atoms with van der Waals surface area (Å²) >= 11 is 5.82. The number of hydrogen-bond acceptors (Lipinski definition) is 5. The van der Waals surface area contributed by atoms with Crippen LogP contribution in [0.5, 0.6) is 0 Å². The Morgan fingerprint density at radius 1 is 1.21 bits per heavy atom. The molecule has 33 heavy (non-hydrogen) atoms. The Morgan fingerprint density at radius 2 is 2.00 bits per heavy atom. The summed E-state index contributed by atoms with van der Waals surface area (Å²) in [6.07, 6.45) is 1.28. The topological polar surface area (TPSA) is 108 Å². The summed E-state index contributed by atoms with van der Waals surface area (Å²) in [7, 11) is 0. The molecule has 0 spiro atoms. The minimum Gasteiger partial charge on any atom is -0.368 e. The average molecular weight is 472 g/mol. The predicted octanol–water partition coefficient (Wildman–Crippen LogP) is 1.96. The first-order valence-electron chi connectivity index (χ1n) is 10.8. The summed E-state index contributed by atoms with van der Waals surface area (Å²) in [5.74, 6) is -1.64. The van der Waals surface area contributed by atoms with E-state index in [0.29, 0.717) is 18.5 Å². The molecule has 1 aliphatic carbocycles. The van der Waals surface area contributed by atoms with Gasteiger partial charge in [-0.1, -0.05) is 41.9 Å². The first-order valence-corrected chi connectivity index (χ1v) is 11.1.